The van der Waals surface area contributed by atoms with Crippen LogP contribution in [0.2, 0.25) is 0 Å². The fraction of sp³-hybridized carbons (Fsp3) is 0.625. The lowest BCUT2D eigenvalue weighted by Crippen LogP contribution is -2.22. The van der Waals surface area contributed by atoms with Crippen LogP contribution in [-0.4, -0.2) is 13.1 Å². The summed E-state index contributed by atoms with van der Waals surface area (Å²) in [6.07, 6.45) is 5.38. The van der Waals surface area contributed by atoms with Crippen molar-refractivity contribution in [3.05, 3.63) is 35.4 Å². The Bertz CT molecular complexity index is 339. The van der Waals surface area contributed by atoms with Crippen LogP contribution in [0.4, 0.5) is 0 Å². The average molecular weight is 231 g/mol. The summed E-state index contributed by atoms with van der Waals surface area (Å²) in [5.74, 6) is 1.61. The number of rotatable bonds is 6. The monoisotopic (exact) mass is 231 g/mol. The van der Waals surface area contributed by atoms with Crippen molar-refractivity contribution in [2.45, 2.75) is 45.4 Å². The van der Waals surface area contributed by atoms with Crippen LogP contribution in [0.1, 0.15) is 50.2 Å². The molecule has 94 valence electrons. The van der Waals surface area contributed by atoms with E-state index in [2.05, 4.69) is 43.4 Å². The van der Waals surface area contributed by atoms with Crippen molar-refractivity contribution in [1.29, 1.82) is 0 Å². The largest absolute Gasteiger partial charge is 0.316 e. The Hall–Kier alpha value is -0.820. The van der Waals surface area contributed by atoms with E-state index in [0.717, 1.165) is 31.3 Å². The molecule has 1 nitrogen and oxygen atoms in total. The average Bonchev–Trinajstić information content (AvgIpc) is 2.22. The van der Waals surface area contributed by atoms with Gasteiger partial charge in [0.05, 0.1) is 0 Å². The highest BCUT2D eigenvalue weighted by Crippen LogP contribution is 2.36. The minimum absolute atomic E-state index is 0.747. The van der Waals surface area contributed by atoms with E-state index in [0.29, 0.717) is 0 Å². The summed E-state index contributed by atoms with van der Waals surface area (Å²) in [5, 5.41) is 3.51. The van der Waals surface area contributed by atoms with E-state index >= 15 is 0 Å². The third-order valence-corrected chi connectivity index (χ3v) is 3.67. The predicted octanol–water partition coefficient (Wildman–Crippen LogP) is 3.74. The van der Waals surface area contributed by atoms with Crippen molar-refractivity contribution in [3.8, 4) is 0 Å². The third-order valence-electron chi connectivity index (χ3n) is 3.67. The number of hydrogen-bond donors (Lipinski definition) is 1. The van der Waals surface area contributed by atoms with Crippen LogP contribution in [0.5, 0.6) is 0 Å². The van der Waals surface area contributed by atoms with Crippen molar-refractivity contribution < 1.29 is 0 Å². The predicted molar refractivity (Wildman–Crippen MR) is 74.4 cm³/mol. The molecule has 2 rings (SSSR count). The zero-order chi connectivity index (χ0) is 12.1. The topological polar surface area (TPSA) is 12.0 Å². The maximum Gasteiger partial charge on any atom is -0.000824 e. The van der Waals surface area contributed by atoms with Gasteiger partial charge >= 0.3 is 0 Å². The summed E-state index contributed by atoms with van der Waals surface area (Å²) in [5.41, 5.74) is 3.06. The van der Waals surface area contributed by atoms with Crippen LogP contribution < -0.4 is 5.32 Å². The minimum atomic E-state index is 0.747. The van der Waals surface area contributed by atoms with Crippen LogP contribution in [0.15, 0.2) is 24.3 Å². The standard InChI is InChI=1S/C16H25N/c1-13(2)12-17-10-9-14-5-3-8-16(11-14)15-6-4-7-15/h3,5,8,11,13,15,17H,4,6-7,9-10,12H2,1-2H3. The van der Waals surface area contributed by atoms with Gasteiger partial charge in [-0.05, 0) is 55.3 Å². The Labute approximate surface area is 106 Å². The maximum atomic E-state index is 3.51. The Morgan fingerprint density at radius 2 is 2.12 bits per heavy atom. The van der Waals surface area contributed by atoms with Gasteiger partial charge < -0.3 is 5.32 Å². The van der Waals surface area contributed by atoms with Gasteiger partial charge in [-0.3, -0.25) is 0 Å². The van der Waals surface area contributed by atoms with Crippen LogP contribution in [0, 0.1) is 5.92 Å². The normalized spacial score (nSPS) is 16.2. The Balaban J connectivity index is 1.79. The van der Waals surface area contributed by atoms with E-state index in [1.165, 1.54) is 24.8 Å². The number of hydrogen-bond acceptors (Lipinski definition) is 1. The molecule has 0 radical (unpaired) electrons. The van der Waals surface area contributed by atoms with Gasteiger partial charge in [0.25, 0.3) is 0 Å². The zero-order valence-corrected chi connectivity index (χ0v) is 11.2. The highest BCUT2D eigenvalue weighted by molar-refractivity contribution is 5.27. The van der Waals surface area contributed by atoms with Gasteiger partial charge in [-0.15, -0.1) is 0 Å². The first kappa shape index (κ1) is 12.6. The van der Waals surface area contributed by atoms with Crippen LogP contribution in [0.25, 0.3) is 0 Å². The first-order valence-corrected chi connectivity index (χ1v) is 7.05. The molecule has 1 aromatic rings. The SMILES string of the molecule is CC(C)CNCCc1cccc(C2CCC2)c1. The second kappa shape index (κ2) is 6.20. The second-order valence-corrected chi connectivity index (χ2v) is 5.72. The molecular weight excluding hydrogens is 206 g/mol. The molecule has 0 atom stereocenters. The lowest BCUT2D eigenvalue weighted by atomic mass is 9.79. The van der Waals surface area contributed by atoms with Gasteiger partial charge in [0.15, 0.2) is 0 Å². The molecule has 17 heavy (non-hydrogen) atoms. The van der Waals surface area contributed by atoms with Crippen molar-refractivity contribution in [1.82, 2.24) is 5.32 Å². The molecule has 0 heterocycles. The molecule has 1 aliphatic carbocycles. The van der Waals surface area contributed by atoms with E-state index in [1.807, 2.05) is 0 Å². The van der Waals surface area contributed by atoms with Crippen molar-refractivity contribution in [2.75, 3.05) is 13.1 Å². The molecule has 1 aliphatic rings. The summed E-state index contributed by atoms with van der Waals surface area (Å²) >= 11 is 0. The Kier molecular flexibility index (Phi) is 4.61. The molecule has 0 aromatic heterocycles. The molecule has 1 saturated carbocycles. The summed E-state index contributed by atoms with van der Waals surface area (Å²) in [6, 6.07) is 9.21. The molecule has 1 fully saturated rings. The molecule has 0 saturated heterocycles. The van der Waals surface area contributed by atoms with Crippen molar-refractivity contribution in [2.24, 2.45) is 5.92 Å². The van der Waals surface area contributed by atoms with E-state index in [9.17, 15) is 0 Å². The highest BCUT2D eigenvalue weighted by atomic mass is 14.8. The van der Waals surface area contributed by atoms with Crippen LogP contribution >= 0.6 is 0 Å². The fourth-order valence-electron chi connectivity index (χ4n) is 2.37. The molecule has 1 heteroatoms. The third kappa shape index (κ3) is 3.85. The molecule has 1 aromatic carbocycles. The fourth-order valence-corrected chi connectivity index (χ4v) is 2.37. The van der Waals surface area contributed by atoms with E-state index in [1.54, 1.807) is 5.56 Å². The first-order valence-electron chi connectivity index (χ1n) is 7.05. The Morgan fingerprint density at radius 1 is 1.29 bits per heavy atom. The molecule has 0 unspecified atom stereocenters. The van der Waals surface area contributed by atoms with E-state index in [4.69, 9.17) is 0 Å². The van der Waals surface area contributed by atoms with Gasteiger partial charge in [-0.2, -0.15) is 0 Å². The zero-order valence-electron chi connectivity index (χ0n) is 11.2. The van der Waals surface area contributed by atoms with Gasteiger partial charge in [0, 0.05) is 0 Å². The van der Waals surface area contributed by atoms with Crippen molar-refractivity contribution in [3.63, 3.8) is 0 Å². The smallest absolute Gasteiger partial charge is 0.000824 e. The van der Waals surface area contributed by atoms with Gasteiger partial charge in [-0.1, -0.05) is 44.5 Å². The molecule has 0 bridgehead atoms. The summed E-state index contributed by atoms with van der Waals surface area (Å²) in [4.78, 5) is 0. The molecule has 0 aliphatic heterocycles. The number of benzene rings is 1. The quantitative estimate of drug-likeness (QED) is 0.735. The molecular formula is C16H25N. The number of nitrogens with one attached hydrogen (secondary N) is 1. The summed E-state index contributed by atoms with van der Waals surface area (Å²) < 4.78 is 0. The van der Waals surface area contributed by atoms with Crippen LogP contribution in [-0.2, 0) is 6.42 Å². The maximum absolute atomic E-state index is 3.51. The van der Waals surface area contributed by atoms with E-state index in [-0.39, 0.29) is 0 Å². The molecule has 1 N–H and O–H groups in total. The van der Waals surface area contributed by atoms with E-state index < -0.39 is 0 Å². The van der Waals surface area contributed by atoms with Gasteiger partial charge in [-0.25, -0.2) is 0 Å². The highest BCUT2D eigenvalue weighted by Gasteiger charge is 2.19. The van der Waals surface area contributed by atoms with Gasteiger partial charge in [0.2, 0.25) is 0 Å². The summed E-state index contributed by atoms with van der Waals surface area (Å²) in [7, 11) is 0. The van der Waals surface area contributed by atoms with Crippen LogP contribution in [0.3, 0.4) is 0 Å². The Morgan fingerprint density at radius 3 is 2.76 bits per heavy atom. The summed E-state index contributed by atoms with van der Waals surface area (Å²) in [6.45, 7) is 6.74. The lowest BCUT2D eigenvalue weighted by molar-refractivity contribution is 0.419. The minimum Gasteiger partial charge on any atom is -0.316 e. The molecule has 0 spiro atoms. The van der Waals surface area contributed by atoms with Crippen molar-refractivity contribution >= 4 is 0 Å². The van der Waals surface area contributed by atoms with Gasteiger partial charge in [0.1, 0.15) is 0 Å². The molecule has 0 amide bonds. The second-order valence-electron chi connectivity index (χ2n) is 5.72. The first-order chi connectivity index (χ1) is 8.25. The lowest BCUT2D eigenvalue weighted by Gasteiger charge is -2.26.